The number of amidine groups is 1. The van der Waals surface area contributed by atoms with E-state index in [2.05, 4.69) is 10.5 Å². The molecule has 86 valence electrons. The smallest absolute Gasteiger partial charge is 0.251 e. The zero-order valence-corrected chi connectivity index (χ0v) is 8.80. The maximum absolute atomic E-state index is 11.6. The highest BCUT2D eigenvalue weighted by Gasteiger charge is 2.06. The van der Waals surface area contributed by atoms with E-state index in [1.807, 2.05) is 0 Å². The number of oxime groups is 1. The zero-order valence-electron chi connectivity index (χ0n) is 8.80. The van der Waals surface area contributed by atoms with Gasteiger partial charge in [-0.1, -0.05) is 11.2 Å². The SMILES string of the molecule is COc1cccc(C(=O)NC/C(N)=N/O)c1. The molecule has 6 heteroatoms. The fourth-order valence-corrected chi connectivity index (χ4v) is 1.07. The summed E-state index contributed by atoms with van der Waals surface area (Å²) in [6.45, 7) is -0.00740. The highest BCUT2D eigenvalue weighted by molar-refractivity contribution is 5.97. The van der Waals surface area contributed by atoms with E-state index in [-0.39, 0.29) is 18.3 Å². The fourth-order valence-electron chi connectivity index (χ4n) is 1.07. The highest BCUT2D eigenvalue weighted by Crippen LogP contribution is 2.11. The Hall–Kier alpha value is -2.24. The number of nitrogens with two attached hydrogens (primary N) is 1. The Morgan fingerprint density at radius 1 is 1.62 bits per heavy atom. The summed E-state index contributed by atoms with van der Waals surface area (Å²) < 4.78 is 4.98. The standard InChI is InChI=1S/C10H13N3O3/c1-16-8-4-2-3-7(5-8)10(14)12-6-9(11)13-15/h2-5,15H,6H2,1H3,(H2,11,13)(H,12,14). The largest absolute Gasteiger partial charge is 0.497 e. The van der Waals surface area contributed by atoms with Gasteiger partial charge in [0.05, 0.1) is 13.7 Å². The Balaban J connectivity index is 2.65. The Labute approximate surface area is 92.7 Å². The van der Waals surface area contributed by atoms with E-state index < -0.39 is 0 Å². The van der Waals surface area contributed by atoms with Crippen molar-refractivity contribution >= 4 is 11.7 Å². The molecule has 1 aromatic rings. The van der Waals surface area contributed by atoms with E-state index in [1.165, 1.54) is 7.11 Å². The van der Waals surface area contributed by atoms with Gasteiger partial charge in [0, 0.05) is 5.56 Å². The Kier molecular flexibility index (Phi) is 4.14. The van der Waals surface area contributed by atoms with Gasteiger partial charge in [0.25, 0.3) is 5.91 Å². The van der Waals surface area contributed by atoms with Crippen LogP contribution in [0.1, 0.15) is 10.4 Å². The summed E-state index contributed by atoms with van der Waals surface area (Å²) in [5.41, 5.74) is 5.67. The first-order valence-electron chi connectivity index (χ1n) is 4.56. The lowest BCUT2D eigenvalue weighted by Crippen LogP contribution is -2.33. The van der Waals surface area contributed by atoms with Gasteiger partial charge in [0.1, 0.15) is 5.75 Å². The quantitative estimate of drug-likeness (QED) is 0.293. The maximum Gasteiger partial charge on any atom is 0.251 e. The minimum absolute atomic E-state index is 0.00740. The zero-order chi connectivity index (χ0) is 12.0. The van der Waals surface area contributed by atoms with E-state index in [0.717, 1.165) is 0 Å². The molecule has 0 heterocycles. The van der Waals surface area contributed by atoms with Gasteiger partial charge in [-0.05, 0) is 18.2 Å². The molecular formula is C10H13N3O3. The Morgan fingerprint density at radius 3 is 3.00 bits per heavy atom. The van der Waals surface area contributed by atoms with Crippen LogP contribution < -0.4 is 15.8 Å². The molecule has 0 aliphatic rings. The summed E-state index contributed by atoms with van der Waals surface area (Å²) >= 11 is 0. The molecule has 1 rings (SSSR count). The number of hydrogen-bond acceptors (Lipinski definition) is 4. The van der Waals surface area contributed by atoms with Crippen LogP contribution in [0.3, 0.4) is 0 Å². The number of nitrogens with one attached hydrogen (secondary N) is 1. The molecule has 0 atom stereocenters. The van der Waals surface area contributed by atoms with Gasteiger partial charge in [0.2, 0.25) is 0 Å². The molecule has 4 N–H and O–H groups in total. The molecule has 0 spiro atoms. The molecule has 1 aromatic carbocycles. The van der Waals surface area contributed by atoms with Crippen LogP contribution in [0.2, 0.25) is 0 Å². The molecule has 0 aliphatic carbocycles. The summed E-state index contributed by atoms with van der Waals surface area (Å²) in [7, 11) is 1.52. The van der Waals surface area contributed by atoms with Gasteiger partial charge in [-0.3, -0.25) is 4.79 Å². The van der Waals surface area contributed by atoms with Gasteiger partial charge in [-0.15, -0.1) is 0 Å². The maximum atomic E-state index is 11.6. The molecule has 0 unspecified atom stereocenters. The molecule has 0 saturated heterocycles. The Bertz CT molecular complexity index is 404. The van der Waals surface area contributed by atoms with Crippen molar-refractivity contribution < 1.29 is 14.7 Å². The lowest BCUT2D eigenvalue weighted by atomic mass is 10.2. The number of nitrogens with zero attached hydrogens (tertiary/aromatic N) is 1. The lowest BCUT2D eigenvalue weighted by molar-refractivity contribution is 0.0958. The number of methoxy groups -OCH3 is 1. The first-order chi connectivity index (χ1) is 7.67. The summed E-state index contributed by atoms with van der Waals surface area (Å²) in [5.74, 6) is 0.221. The first-order valence-corrected chi connectivity index (χ1v) is 4.56. The molecule has 0 saturated carbocycles. The molecule has 16 heavy (non-hydrogen) atoms. The number of carbonyl (C=O) groups excluding carboxylic acids is 1. The number of hydrogen-bond donors (Lipinski definition) is 3. The van der Waals surface area contributed by atoms with Crippen molar-refractivity contribution in [3.8, 4) is 5.75 Å². The van der Waals surface area contributed by atoms with Crippen LogP contribution in [0, 0.1) is 0 Å². The molecule has 0 aliphatic heterocycles. The van der Waals surface area contributed by atoms with E-state index in [0.29, 0.717) is 11.3 Å². The first kappa shape index (κ1) is 11.8. The van der Waals surface area contributed by atoms with Crippen molar-refractivity contribution in [2.24, 2.45) is 10.9 Å². The second-order valence-electron chi connectivity index (χ2n) is 3.01. The molecule has 0 fully saturated rings. The number of amides is 1. The van der Waals surface area contributed by atoms with Crippen molar-refractivity contribution in [3.63, 3.8) is 0 Å². The third kappa shape index (κ3) is 3.16. The predicted octanol–water partition coefficient (Wildman–Crippen LogP) is 0.171. The number of carbonyl (C=O) groups is 1. The molecule has 6 nitrogen and oxygen atoms in total. The number of ether oxygens (including phenoxy) is 1. The monoisotopic (exact) mass is 223 g/mol. The molecular weight excluding hydrogens is 210 g/mol. The minimum atomic E-state index is -0.314. The van der Waals surface area contributed by atoms with Crippen LogP contribution >= 0.6 is 0 Å². The van der Waals surface area contributed by atoms with Crippen LogP contribution in [0.25, 0.3) is 0 Å². The van der Waals surface area contributed by atoms with Crippen LogP contribution in [-0.4, -0.2) is 30.6 Å². The van der Waals surface area contributed by atoms with E-state index in [1.54, 1.807) is 24.3 Å². The van der Waals surface area contributed by atoms with Crippen molar-refractivity contribution in [3.05, 3.63) is 29.8 Å². The van der Waals surface area contributed by atoms with Gasteiger partial charge in [0.15, 0.2) is 5.84 Å². The summed E-state index contributed by atoms with van der Waals surface area (Å²) in [6.07, 6.45) is 0. The van der Waals surface area contributed by atoms with Crippen molar-refractivity contribution in [1.82, 2.24) is 5.32 Å². The molecule has 0 bridgehead atoms. The van der Waals surface area contributed by atoms with E-state index in [9.17, 15) is 4.79 Å². The van der Waals surface area contributed by atoms with Crippen LogP contribution in [0.15, 0.2) is 29.4 Å². The fraction of sp³-hybridized carbons (Fsp3) is 0.200. The molecule has 0 radical (unpaired) electrons. The molecule has 0 aromatic heterocycles. The number of rotatable bonds is 4. The summed E-state index contributed by atoms with van der Waals surface area (Å²) in [6, 6.07) is 6.68. The number of benzene rings is 1. The average Bonchev–Trinajstić information content (AvgIpc) is 2.35. The van der Waals surface area contributed by atoms with Crippen molar-refractivity contribution in [2.45, 2.75) is 0 Å². The normalized spacial score (nSPS) is 10.9. The lowest BCUT2D eigenvalue weighted by Gasteiger charge is -2.05. The predicted molar refractivity (Wildman–Crippen MR) is 58.7 cm³/mol. The van der Waals surface area contributed by atoms with Gasteiger partial charge in [-0.25, -0.2) is 0 Å². The summed E-state index contributed by atoms with van der Waals surface area (Å²) in [5, 5.41) is 13.5. The third-order valence-corrected chi connectivity index (χ3v) is 1.89. The second kappa shape index (κ2) is 5.59. The van der Waals surface area contributed by atoms with Gasteiger partial charge in [-0.2, -0.15) is 0 Å². The highest BCUT2D eigenvalue weighted by atomic mass is 16.5. The topological polar surface area (TPSA) is 96.9 Å². The van der Waals surface area contributed by atoms with E-state index in [4.69, 9.17) is 15.7 Å². The third-order valence-electron chi connectivity index (χ3n) is 1.89. The Morgan fingerprint density at radius 2 is 2.38 bits per heavy atom. The van der Waals surface area contributed by atoms with Gasteiger partial charge < -0.3 is 21.0 Å². The van der Waals surface area contributed by atoms with Crippen LogP contribution in [0.4, 0.5) is 0 Å². The van der Waals surface area contributed by atoms with Crippen molar-refractivity contribution in [2.75, 3.05) is 13.7 Å². The molecule has 1 amide bonds. The van der Waals surface area contributed by atoms with Gasteiger partial charge >= 0.3 is 0 Å². The minimum Gasteiger partial charge on any atom is -0.497 e. The van der Waals surface area contributed by atoms with Crippen LogP contribution in [-0.2, 0) is 0 Å². The summed E-state index contributed by atoms with van der Waals surface area (Å²) in [4.78, 5) is 11.6. The second-order valence-corrected chi connectivity index (χ2v) is 3.01. The van der Waals surface area contributed by atoms with Crippen molar-refractivity contribution in [1.29, 1.82) is 0 Å². The average molecular weight is 223 g/mol. The van der Waals surface area contributed by atoms with Crippen LogP contribution in [0.5, 0.6) is 5.75 Å². The van der Waals surface area contributed by atoms with E-state index >= 15 is 0 Å².